The molecule has 3 heteroatoms. The Bertz CT molecular complexity index is 540. The molecule has 0 amide bonds. The van der Waals surface area contributed by atoms with E-state index in [0.717, 1.165) is 12.2 Å². The van der Waals surface area contributed by atoms with Crippen LogP contribution in [0.15, 0.2) is 42.6 Å². The fraction of sp³-hybridized carbons (Fsp3) is 0.312. The average Bonchev–Trinajstić information content (AvgIpc) is 2.47. The second kappa shape index (κ2) is 6.34. The first kappa shape index (κ1) is 13.6. The van der Waals surface area contributed by atoms with Gasteiger partial charge in [-0.15, -0.1) is 0 Å². The first-order valence-corrected chi connectivity index (χ1v) is 6.63. The molecule has 0 fully saturated rings. The van der Waals surface area contributed by atoms with Gasteiger partial charge in [-0.05, 0) is 43.7 Å². The number of ether oxygens (including phenoxy) is 1. The highest BCUT2D eigenvalue weighted by Gasteiger charge is 2.07. The zero-order valence-corrected chi connectivity index (χ0v) is 11.7. The zero-order valence-electron chi connectivity index (χ0n) is 11.7. The van der Waals surface area contributed by atoms with E-state index in [1.807, 2.05) is 37.4 Å². The van der Waals surface area contributed by atoms with Gasteiger partial charge >= 0.3 is 0 Å². The molecule has 0 bridgehead atoms. The topological polar surface area (TPSA) is 34.1 Å². The summed E-state index contributed by atoms with van der Waals surface area (Å²) in [4.78, 5) is 4.28. The number of nitrogens with one attached hydrogen (secondary N) is 1. The predicted octanol–water partition coefficient (Wildman–Crippen LogP) is 3.72. The van der Waals surface area contributed by atoms with Crippen LogP contribution in [0.3, 0.4) is 0 Å². The zero-order chi connectivity index (χ0) is 13.7. The van der Waals surface area contributed by atoms with Crippen molar-refractivity contribution in [2.45, 2.75) is 26.3 Å². The number of benzene rings is 1. The van der Waals surface area contributed by atoms with Crippen LogP contribution >= 0.6 is 0 Å². The number of nitrogens with zero attached hydrogens (tertiary/aromatic N) is 1. The maximum absolute atomic E-state index is 5.90. The van der Waals surface area contributed by atoms with E-state index in [2.05, 4.69) is 30.2 Å². The van der Waals surface area contributed by atoms with Crippen molar-refractivity contribution in [1.29, 1.82) is 0 Å². The minimum absolute atomic E-state index is 0.284. The Morgan fingerprint density at radius 2 is 2.05 bits per heavy atom. The molecule has 0 spiro atoms. The van der Waals surface area contributed by atoms with Crippen LogP contribution in [-0.4, -0.2) is 12.0 Å². The highest BCUT2D eigenvalue weighted by molar-refractivity contribution is 5.36. The maximum Gasteiger partial charge on any atom is 0.219 e. The molecule has 0 aliphatic carbocycles. The van der Waals surface area contributed by atoms with Crippen LogP contribution < -0.4 is 10.1 Å². The van der Waals surface area contributed by atoms with E-state index >= 15 is 0 Å². The molecule has 2 aromatic rings. The van der Waals surface area contributed by atoms with Crippen LogP contribution in [0.25, 0.3) is 0 Å². The predicted molar refractivity (Wildman–Crippen MR) is 77.6 cm³/mol. The third-order valence-corrected chi connectivity index (χ3v) is 3.26. The standard InChI is InChI=1S/C16H20N2O/c1-4-13-7-5-6-8-15(13)19-16-11-14(9-10-18-16)12(2)17-3/h5-12,17H,4H2,1-3H3. The summed E-state index contributed by atoms with van der Waals surface area (Å²) in [5.74, 6) is 1.52. The van der Waals surface area contributed by atoms with Gasteiger partial charge in [0.15, 0.2) is 0 Å². The van der Waals surface area contributed by atoms with Crippen LogP contribution in [0, 0.1) is 0 Å². The van der Waals surface area contributed by atoms with E-state index in [1.54, 1.807) is 6.20 Å². The summed E-state index contributed by atoms with van der Waals surface area (Å²) in [6, 6.07) is 12.3. The van der Waals surface area contributed by atoms with Crippen LogP contribution in [0.2, 0.25) is 0 Å². The van der Waals surface area contributed by atoms with Gasteiger partial charge in [-0.25, -0.2) is 4.98 Å². The Balaban J connectivity index is 2.23. The lowest BCUT2D eigenvalue weighted by Crippen LogP contribution is -2.12. The molecule has 19 heavy (non-hydrogen) atoms. The quantitative estimate of drug-likeness (QED) is 0.885. The van der Waals surface area contributed by atoms with Gasteiger partial charge in [-0.3, -0.25) is 0 Å². The van der Waals surface area contributed by atoms with E-state index < -0.39 is 0 Å². The molecule has 0 aliphatic rings. The molecule has 1 aromatic carbocycles. The maximum atomic E-state index is 5.90. The van der Waals surface area contributed by atoms with Crippen LogP contribution in [0.5, 0.6) is 11.6 Å². The third kappa shape index (κ3) is 3.32. The highest BCUT2D eigenvalue weighted by atomic mass is 16.5. The van der Waals surface area contributed by atoms with Crippen LogP contribution in [-0.2, 0) is 6.42 Å². The Morgan fingerprint density at radius 3 is 2.79 bits per heavy atom. The van der Waals surface area contributed by atoms with Gasteiger partial charge in [0, 0.05) is 18.3 Å². The third-order valence-electron chi connectivity index (χ3n) is 3.26. The number of pyridine rings is 1. The molecule has 3 nitrogen and oxygen atoms in total. The summed E-state index contributed by atoms with van der Waals surface area (Å²) in [6.45, 7) is 4.23. The molecule has 1 heterocycles. The molecular formula is C16H20N2O. The van der Waals surface area contributed by atoms with E-state index in [-0.39, 0.29) is 6.04 Å². The summed E-state index contributed by atoms with van der Waals surface area (Å²) in [7, 11) is 1.94. The molecule has 0 aliphatic heterocycles. The number of aryl methyl sites for hydroxylation is 1. The number of hydrogen-bond acceptors (Lipinski definition) is 3. The molecule has 1 aromatic heterocycles. The molecule has 1 unspecified atom stereocenters. The lowest BCUT2D eigenvalue weighted by Gasteiger charge is -2.13. The summed E-state index contributed by atoms with van der Waals surface area (Å²) in [6.07, 6.45) is 2.73. The molecule has 1 atom stereocenters. The minimum atomic E-state index is 0.284. The number of para-hydroxylation sites is 1. The monoisotopic (exact) mass is 256 g/mol. The highest BCUT2D eigenvalue weighted by Crippen LogP contribution is 2.25. The van der Waals surface area contributed by atoms with Gasteiger partial charge in [0.25, 0.3) is 0 Å². The van der Waals surface area contributed by atoms with E-state index in [1.165, 1.54) is 11.1 Å². The van der Waals surface area contributed by atoms with Gasteiger partial charge in [-0.1, -0.05) is 25.1 Å². The van der Waals surface area contributed by atoms with Crippen molar-refractivity contribution in [2.75, 3.05) is 7.05 Å². The van der Waals surface area contributed by atoms with E-state index in [9.17, 15) is 0 Å². The molecule has 2 rings (SSSR count). The second-order valence-corrected chi connectivity index (χ2v) is 4.50. The number of hydrogen-bond donors (Lipinski definition) is 1. The fourth-order valence-electron chi connectivity index (χ4n) is 1.92. The van der Waals surface area contributed by atoms with Gasteiger partial charge < -0.3 is 10.1 Å². The molecular weight excluding hydrogens is 236 g/mol. The average molecular weight is 256 g/mol. The van der Waals surface area contributed by atoms with Crippen LogP contribution in [0.4, 0.5) is 0 Å². The number of rotatable bonds is 5. The fourth-order valence-corrected chi connectivity index (χ4v) is 1.92. The summed E-state index contributed by atoms with van der Waals surface area (Å²) >= 11 is 0. The Kier molecular flexibility index (Phi) is 4.53. The summed E-state index contributed by atoms with van der Waals surface area (Å²) < 4.78 is 5.90. The second-order valence-electron chi connectivity index (χ2n) is 4.50. The number of aromatic nitrogens is 1. The van der Waals surface area contributed by atoms with Gasteiger partial charge in [0.1, 0.15) is 5.75 Å². The first-order valence-electron chi connectivity index (χ1n) is 6.63. The Hall–Kier alpha value is -1.87. The molecule has 100 valence electrons. The van der Waals surface area contributed by atoms with Gasteiger partial charge in [0.05, 0.1) is 0 Å². The van der Waals surface area contributed by atoms with Gasteiger partial charge in [-0.2, -0.15) is 0 Å². The normalized spacial score (nSPS) is 12.2. The van der Waals surface area contributed by atoms with E-state index in [0.29, 0.717) is 5.88 Å². The summed E-state index contributed by atoms with van der Waals surface area (Å²) in [5, 5.41) is 3.21. The Labute approximate surface area is 114 Å². The molecule has 0 saturated heterocycles. The first-order chi connectivity index (χ1) is 9.24. The van der Waals surface area contributed by atoms with Crippen LogP contribution in [0.1, 0.15) is 31.0 Å². The lowest BCUT2D eigenvalue weighted by atomic mass is 10.1. The largest absolute Gasteiger partial charge is 0.439 e. The van der Waals surface area contributed by atoms with Crippen molar-refractivity contribution in [3.63, 3.8) is 0 Å². The lowest BCUT2D eigenvalue weighted by molar-refractivity contribution is 0.455. The summed E-state index contributed by atoms with van der Waals surface area (Å²) in [5.41, 5.74) is 2.36. The van der Waals surface area contributed by atoms with Crippen molar-refractivity contribution in [2.24, 2.45) is 0 Å². The van der Waals surface area contributed by atoms with Crippen molar-refractivity contribution >= 4 is 0 Å². The molecule has 0 saturated carbocycles. The van der Waals surface area contributed by atoms with E-state index in [4.69, 9.17) is 4.74 Å². The minimum Gasteiger partial charge on any atom is -0.439 e. The van der Waals surface area contributed by atoms with Gasteiger partial charge in [0.2, 0.25) is 5.88 Å². The van der Waals surface area contributed by atoms with Crippen molar-refractivity contribution < 1.29 is 4.74 Å². The smallest absolute Gasteiger partial charge is 0.219 e. The van der Waals surface area contributed by atoms with Crippen molar-refractivity contribution in [1.82, 2.24) is 10.3 Å². The SMILES string of the molecule is CCc1ccccc1Oc1cc(C(C)NC)ccn1. The molecule has 1 N–H and O–H groups in total. The Morgan fingerprint density at radius 1 is 1.26 bits per heavy atom. The molecule has 0 radical (unpaired) electrons. The van der Waals surface area contributed by atoms with Crippen molar-refractivity contribution in [3.05, 3.63) is 53.7 Å². The van der Waals surface area contributed by atoms with Crippen molar-refractivity contribution in [3.8, 4) is 11.6 Å².